The van der Waals surface area contributed by atoms with Crippen LogP contribution in [0.2, 0.25) is 0 Å². The third-order valence-corrected chi connectivity index (χ3v) is 4.87. The monoisotopic (exact) mass is 355 g/mol. The number of aromatic amines is 1. The highest BCUT2D eigenvalue weighted by atomic mass is 16.6. The van der Waals surface area contributed by atoms with Gasteiger partial charge in [-0.25, -0.2) is 4.79 Å². The van der Waals surface area contributed by atoms with Gasteiger partial charge in [0.05, 0.1) is 21.5 Å². The molecule has 6 nitrogen and oxygen atoms in total. The first kappa shape index (κ1) is 15.3. The van der Waals surface area contributed by atoms with Gasteiger partial charge in [0.25, 0.3) is 5.69 Å². The molecule has 3 aromatic carbocycles. The number of H-pyrrole nitrogens is 1. The van der Waals surface area contributed by atoms with Gasteiger partial charge in [-0.15, -0.1) is 0 Å². The Morgan fingerprint density at radius 2 is 1.52 bits per heavy atom. The standard InChI is InChI=1S/C21H13N3O3/c25-21-22-17-7-3-1-5-15(17)20-19(13-9-11-14(12-10-13)24(26)27)16-6-2-4-8-18(16)23(20)21/h1-12H,(H,22,25). The molecule has 0 radical (unpaired) electrons. The first-order valence-electron chi connectivity index (χ1n) is 8.44. The fourth-order valence-corrected chi connectivity index (χ4v) is 3.72. The predicted molar refractivity (Wildman–Crippen MR) is 105 cm³/mol. The van der Waals surface area contributed by atoms with Crippen LogP contribution >= 0.6 is 0 Å². The van der Waals surface area contributed by atoms with Crippen LogP contribution in [-0.2, 0) is 0 Å². The number of non-ortho nitro benzene ring substituents is 1. The zero-order valence-electron chi connectivity index (χ0n) is 14.0. The molecule has 0 aliphatic carbocycles. The van der Waals surface area contributed by atoms with Gasteiger partial charge in [-0.3, -0.25) is 14.5 Å². The van der Waals surface area contributed by atoms with E-state index in [0.717, 1.165) is 38.4 Å². The van der Waals surface area contributed by atoms with Crippen LogP contribution in [0, 0.1) is 10.1 Å². The number of nitrogens with one attached hydrogen (secondary N) is 1. The van der Waals surface area contributed by atoms with Gasteiger partial charge in [-0.2, -0.15) is 0 Å². The highest BCUT2D eigenvalue weighted by Crippen LogP contribution is 2.37. The predicted octanol–water partition coefficient (Wildman–Crippen LogP) is 4.51. The van der Waals surface area contributed by atoms with E-state index in [9.17, 15) is 14.9 Å². The molecular weight excluding hydrogens is 342 g/mol. The van der Waals surface area contributed by atoms with E-state index < -0.39 is 4.92 Å². The molecule has 0 spiro atoms. The van der Waals surface area contributed by atoms with E-state index in [1.54, 1.807) is 16.5 Å². The van der Waals surface area contributed by atoms with Gasteiger partial charge in [0, 0.05) is 28.5 Å². The number of nitro benzene ring substituents is 1. The molecular formula is C21H13N3O3. The molecule has 0 aliphatic rings. The van der Waals surface area contributed by atoms with Crippen LogP contribution in [0.4, 0.5) is 5.69 Å². The number of hydrogen-bond donors (Lipinski definition) is 1. The van der Waals surface area contributed by atoms with E-state index >= 15 is 0 Å². The normalized spacial score (nSPS) is 11.4. The largest absolute Gasteiger partial charge is 0.331 e. The third kappa shape index (κ3) is 2.17. The van der Waals surface area contributed by atoms with Crippen molar-refractivity contribution in [3.8, 4) is 11.1 Å². The molecule has 0 fully saturated rings. The van der Waals surface area contributed by atoms with E-state index in [0.29, 0.717) is 0 Å². The maximum Gasteiger partial charge on any atom is 0.331 e. The summed E-state index contributed by atoms with van der Waals surface area (Å²) in [5.74, 6) is 0. The Kier molecular flexibility index (Phi) is 3.14. The number of aromatic nitrogens is 2. The number of nitrogens with zero attached hydrogens (tertiary/aromatic N) is 2. The number of hydrogen-bond acceptors (Lipinski definition) is 3. The van der Waals surface area contributed by atoms with E-state index in [1.807, 2.05) is 48.5 Å². The molecule has 0 bridgehead atoms. The van der Waals surface area contributed by atoms with Gasteiger partial charge in [-0.05, 0) is 29.8 Å². The van der Waals surface area contributed by atoms with Gasteiger partial charge in [-0.1, -0.05) is 36.4 Å². The summed E-state index contributed by atoms with van der Waals surface area (Å²) in [7, 11) is 0. The summed E-state index contributed by atoms with van der Waals surface area (Å²) in [6.07, 6.45) is 0. The molecule has 0 amide bonds. The fourth-order valence-electron chi connectivity index (χ4n) is 3.72. The Morgan fingerprint density at radius 1 is 0.852 bits per heavy atom. The summed E-state index contributed by atoms with van der Waals surface area (Å²) in [5, 5.41) is 12.8. The van der Waals surface area contributed by atoms with Gasteiger partial charge < -0.3 is 4.98 Å². The number of benzene rings is 3. The summed E-state index contributed by atoms with van der Waals surface area (Å²) in [5.41, 5.74) is 3.89. The van der Waals surface area contributed by atoms with Crippen molar-refractivity contribution in [3.05, 3.63) is 93.4 Å². The number of fused-ring (bicyclic) bond motifs is 5. The minimum atomic E-state index is -0.417. The minimum Gasteiger partial charge on any atom is -0.307 e. The van der Waals surface area contributed by atoms with Gasteiger partial charge in [0.15, 0.2) is 0 Å². The number of rotatable bonds is 2. The van der Waals surface area contributed by atoms with E-state index in [4.69, 9.17) is 0 Å². The van der Waals surface area contributed by atoms with Crippen LogP contribution in [0.25, 0.3) is 38.4 Å². The van der Waals surface area contributed by atoms with E-state index in [1.165, 1.54) is 12.1 Å². The molecule has 0 aliphatic heterocycles. The zero-order chi connectivity index (χ0) is 18.5. The molecule has 27 heavy (non-hydrogen) atoms. The first-order valence-corrected chi connectivity index (χ1v) is 8.44. The summed E-state index contributed by atoms with van der Waals surface area (Å²) < 4.78 is 1.68. The third-order valence-electron chi connectivity index (χ3n) is 4.87. The van der Waals surface area contributed by atoms with Crippen molar-refractivity contribution >= 4 is 33.0 Å². The molecule has 5 rings (SSSR count). The number of nitro groups is 1. The lowest BCUT2D eigenvalue weighted by Crippen LogP contribution is -2.15. The fraction of sp³-hybridized carbons (Fsp3) is 0. The minimum absolute atomic E-state index is 0.0364. The van der Waals surface area contributed by atoms with Crippen LogP contribution in [-0.4, -0.2) is 14.3 Å². The van der Waals surface area contributed by atoms with E-state index in [-0.39, 0.29) is 11.4 Å². The Balaban J connectivity index is 2.00. The lowest BCUT2D eigenvalue weighted by atomic mass is 10.0. The Bertz CT molecular complexity index is 1410. The summed E-state index contributed by atoms with van der Waals surface area (Å²) in [4.78, 5) is 26.3. The topological polar surface area (TPSA) is 80.4 Å². The molecule has 0 atom stereocenters. The second-order valence-electron chi connectivity index (χ2n) is 6.36. The second kappa shape index (κ2) is 5.54. The highest BCUT2D eigenvalue weighted by molar-refractivity contribution is 6.13. The maximum absolute atomic E-state index is 12.8. The van der Waals surface area contributed by atoms with Crippen molar-refractivity contribution in [2.75, 3.05) is 0 Å². The lowest BCUT2D eigenvalue weighted by molar-refractivity contribution is -0.384. The van der Waals surface area contributed by atoms with Gasteiger partial charge in [0.1, 0.15) is 0 Å². The molecule has 0 unspecified atom stereocenters. The summed E-state index contributed by atoms with van der Waals surface area (Å²) >= 11 is 0. The molecule has 5 aromatic rings. The van der Waals surface area contributed by atoms with Crippen molar-refractivity contribution in [1.82, 2.24) is 9.38 Å². The van der Waals surface area contributed by atoms with Crippen LogP contribution in [0.1, 0.15) is 0 Å². The molecule has 2 heterocycles. The number of para-hydroxylation sites is 2. The molecule has 2 aromatic heterocycles. The summed E-state index contributed by atoms with van der Waals surface area (Å²) in [6.45, 7) is 0. The lowest BCUT2D eigenvalue weighted by Gasteiger charge is -2.05. The van der Waals surface area contributed by atoms with Crippen LogP contribution in [0.5, 0.6) is 0 Å². The Morgan fingerprint density at radius 3 is 2.26 bits per heavy atom. The van der Waals surface area contributed by atoms with Crippen molar-refractivity contribution < 1.29 is 4.92 Å². The smallest absolute Gasteiger partial charge is 0.307 e. The van der Waals surface area contributed by atoms with Crippen molar-refractivity contribution in [2.24, 2.45) is 0 Å². The maximum atomic E-state index is 12.8. The van der Waals surface area contributed by atoms with Crippen molar-refractivity contribution in [2.45, 2.75) is 0 Å². The van der Waals surface area contributed by atoms with E-state index in [2.05, 4.69) is 4.98 Å². The molecule has 6 heteroatoms. The summed E-state index contributed by atoms with van der Waals surface area (Å²) in [6, 6.07) is 21.8. The van der Waals surface area contributed by atoms with Crippen LogP contribution in [0.3, 0.4) is 0 Å². The van der Waals surface area contributed by atoms with Crippen molar-refractivity contribution in [3.63, 3.8) is 0 Å². The molecule has 0 saturated carbocycles. The average Bonchev–Trinajstić information content (AvgIpc) is 3.04. The molecule has 1 N–H and O–H groups in total. The van der Waals surface area contributed by atoms with Gasteiger partial charge >= 0.3 is 5.69 Å². The average molecular weight is 355 g/mol. The molecule has 130 valence electrons. The van der Waals surface area contributed by atoms with Crippen LogP contribution in [0.15, 0.2) is 77.6 Å². The van der Waals surface area contributed by atoms with Gasteiger partial charge in [0.2, 0.25) is 0 Å². The zero-order valence-corrected chi connectivity index (χ0v) is 14.0. The highest BCUT2D eigenvalue weighted by Gasteiger charge is 2.18. The SMILES string of the molecule is O=c1[nH]c2ccccc2c2c(-c3ccc([N+](=O)[O-])cc3)c3ccccc3n12. The Labute approximate surface area is 152 Å². The Hall–Kier alpha value is -3.93. The first-order chi connectivity index (χ1) is 13.1. The second-order valence-corrected chi connectivity index (χ2v) is 6.36. The van der Waals surface area contributed by atoms with Crippen molar-refractivity contribution in [1.29, 1.82) is 0 Å². The van der Waals surface area contributed by atoms with Crippen LogP contribution < -0.4 is 5.69 Å². The molecule has 0 saturated heterocycles. The quantitative estimate of drug-likeness (QED) is 0.374.